The largest absolute Gasteiger partial charge is 0.354 e. The molecule has 0 saturated carbocycles. The Morgan fingerprint density at radius 1 is 1.42 bits per heavy atom. The highest BCUT2D eigenvalue weighted by Gasteiger charge is 2.32. The van der Waals surface area contributed by atoms with E-state index in [-0.39, 0.29) is 12.1 Å². The van der Waals surface area contributed by atoms with Gasteiger partial charge in [-0.25, -0.2) is 14.8 Å². The Bertz CT molecular complexity index is 483. The quantitative estimate of drug-likeness (QED) is 0.888. The number of aromatic nitrogens is 2. The lowest BCUT2D eigenvalue weighted by Gasteiger charge is -2.37. The lowest BCUT2D eigenvalue weighted by Crippen LogP contribution is -2.49. The first kappa shape index (κ1) is 12.7. The lowest BCUT2D eigenvalue weighted by atomic mass is 10.0. The molecule has 2 aliphatic rings. The van der Waals surface area contributed by atoms with E-state index in [1.165, 1.54) is 0 Å². The third-order valence-electron chi connectivity index (χ3n) is 3.67. The van der Waals surface area contributed by atoms with Crippen LogP contribution in [0.4, 0.5) is 10.6 Å². The van der Waals surface area contributed by atoms with Crippen LogP contribution in [0, 0.1) is 0 Å². The second-order valence-corrected chi connectivity index (χ2v) is 5.72. The van der Waals surface area contributed by atoms with Crippen molar-refractivity contribution in [2.45, 2.75) is 18.9 Å². The third kappa shape index (κ3) is 2.51. The van der Waals surface area contributed by atoms with Crippen LogP contribution in [0.2, 0.25) is 0 Å². The molecule has 0 spiro atoms. The van der Waals surface area contributed by atoms with Crippen molar-refractivity contribution < 1.29 is 4.79 Å². The Morgan fingerprint density at radius 2 is 2.32 bits per heavy atom. The SMILES string of the molecule is O=C1NCCN1C1CCCN(c2ncncc2Br)C1. The van der Waals surface area contributed by atoms with Crippen molar-refractivity contribution in [3.63, 3.8) is 0 Å². The summed E-state index contributed by atoms with van der Waals surface area (Å²) in [5, 5.41) is 2.87. The van der Waals surface area contributed by atoms with Gasteiger partial charge in [-0.05, 0) is 28.8 Å². The van der Waals surface area contributed by atoms with E-state index in [2.05, 4.69) is 36.1 Å². The van der Waals surface area contributed by atoms with Gasteiger partial charge in [0.15, 0.2) is 0 Å². The van der Waals surface area contributed by atoms with E-state index in [1.807, 2.05) is 4.90 Å². The van der Waals surface area contributed by atoms with Crippen LogP contribution in [0.5, 0.6) is 0 Å². The molecule has 6 nitrogen and oxygen atoms in total. The molecular formula is C12H16BrN5O. The number of halogens is 1. The summed E-state index contributed by atoms with van der Waals surface area (Å²) in [6.07, 6.45) is 5.46. The van der Waals surface area contributed by atoms with Gasteiger partial charge in [-0.3, -0.25) is 0 Å². The molecule has 2 amide bonds. The number of urea groups is 1. The van der Waals surface area contributed by atoms with Crippen LogP contribution in [0.3, 0.4) is 0 Å². The van der Waals surface area contributed by atoms with Gasteiger partial charge < -0.3 is 15.1 Å². The van der Waals surface area contributed by atoms with Gasteiger partial charge in [0.2, 0.25) is 0 Å². The van der Waals surface area contributed by atoms with E-state index in [1.54, 1.807) is 12.5 Å². The number of carbonyl (C=O) groups excluding carboxylic acids is 1. The number of piperidine rings is 1. The summed E-state index contributed by atoms with van der Waals surface area (Å²) >= 11 is 3.49. The number of nitrogens with one attached hydrogen (secondary N) is 1. The summed E-state index contributed by atoms with van der Waals surface area (Å²) in [5.74, 6) is 0.916. The number of rotatable bonds is 2. The van der Waals surface area contributed by atoms with Crippen LogP contribution in [0.25, 0.3) is 0 Å². The zero-order valence-electron chi connectivity index (χ0n) is 10.5. The normalized spacial score (nSPS) is 23.6. The molecular weight excluding hydrogens is 310 g/mol. The molecule has 102 valence electrons. The fourth-order valence-electron chi connectivity index (χ4n) is 2.78. The van der Waals surface area contributed by atoms with Crippen molar-refractivity contribution in [2.75, 3.05) is 31.1 Å². The van der Waals surface area contributed by atoms with Crippen molar-refractivity contribution in [1.82, 2.24) is 20.2 Å². The summed E-state index contributed by atoms with van der Waals surface area (Å²) in [6.45, 7) is 3.37. The molecule has 1 unspecified atom stereocenters. The Hall–Kier alpha value is -1.37. The minimum absolute atomic E-state index is 0.0635. The number of amides is 2. The smallest absolute Gasteiger partial charge is 0.317 e. The molecule has 1 N–H and O–H groups in total. The molecule has 7 heteroatoms. The zero-order valence-corrected chi connectivity index (χ0v) is 12.1. The van der Waals surface area contributed by atoms with Crippen LogP contribution in [-0.2, 0) is 0 Å². The summed E-state index contributed by atoms with van der Waals surface area (Å²) in [5.41, 5.74) is 0. The van der Waals surface area contributed by atoms with Crippen LogP contribution in [-0.4, -0.2) is 53.1 Å². The van der Waals surface area contributed by atoms with Gasteiger partial charge in [-0.15, -0.1) is 0 Å². The number of nitrogens with zero attached hydrogens (tertiary/aromatic N) is 4. The molecule has 1 aromatic heterocycles. The predicted molar refractivity (Wildman–Crippen MR) is 75.1 cm³/mol. The van der Waals surface area contributed by atoms with Crippen LogP contribution in [0.1, 0.15) is 12.8 Å². The number of anilines is 1. The topological polar surface area (TPSA) is 61.4 Å². The zero-order chi connectivity index (χ0) is 13.2. The minimum Gasteiger partial charge on any atom is -0.354 e. The maximum absolute atomic E-state index is 11.7. The van der Waals surface area contributed by atoms with Gasteiger partial charge in [0.25, 0.3) is 0 Å². The van der Waals surface area contributed by atoms with E-state index in [0.717, 1.165) is 49.3 Å². The Balaban J connectivity index is 1.75. The summed E-state index contributed by atoms with van der Waals surface area (Å²) in [7, 11) is 0. The third-order valence-corrected chi connectivity index (χ3v) is 4.23. The van der Waals surface area contributed by atoms with E-state index in [4.69, 9.17) is 0 Å². The second kappa shape index (κ2) is 5.32. The van der Waals surface area contributed by atoms with E-state index in [0.29, 0.717) is 0 Å². The number of carbonyl (C=O) groups is 1. The molecule has 0 radical (unpaired) electrons. The van der Waals surface area contributed by atoms with Crippen molar-refractivity contribution in [3.05, 3.63) is 17.0 Å². The summed E-state index contributed by atoms with van der Waals surface area (Å²) in [4.78, 5) is 24.2. The van der Waals surface area contributed by atoms with E-state index in [9.17, 15) is 4.79 Å². The second-order valence-electron chi connectivity index (χ2n) is 4.86. The maximum atomic E-state index is 11.7. The standard InChI is InChI=1S/C12H16BrN5O/c13-10-6-14-8-16-11(10)17-4-1-2-9(7-17)18-5-3-15-12(18)19/h6,8-9H,1-5,7H2,(H,15,19). The Labute approximate surface area is 120 Å². The molecule has 19 heavy (non-hydrogen) atoms. The number of hydrogen-bond donors (Lipinski definition) is 1. The van der Waals surface area contributed by atoms with Crippen molar-refractivity contribution >= 4 is 27.8 Å². The van der Waals surface area contributed by atoms with Crippen LogP contribution in [0.15, 0.2) is 17.0 Å². The highest BCUT2D eigenvalue weighted by Crippen LogP contribution is 2.26. The Kier molecular flexibility index (Phi) is 3.54. The summed E-state index contributed by atoms with van der Waals surface area (Å²) in [6, 6.07) is 0.340. The van der Waals surface area contributed by atoms with E-state index < -0.39 is 0 Å². The first-order chi connectivity index (χ1) is 9.25. The molecule has 1 aromatic rings. The number of hydrogen-bond acceptors (Lipinski definition) is 4. The molecule has 0 bridgehead atoms. The molecule has 1 atom stereocenters. The molecule has 0 aromatic carbocycles. The maximum Gasteiger partial charge on any atom is 0.317 e. The van der Waals surface area contributed by atoms with Gasteiger partial charge in [0, 0.05) is 32.4 Å². The van der Waals surface area contributed by atoms with Crippen LogP contribution < -0.4 is 10.2 Å². The first-order valence-electron chi connectivity index (χ1n) is 6.50. The molecule has 2 saturated heterocycles. The van der Waals surface area contributed by atoms with Gasteiger partial charge >= 0.3 is 6.03 Å². The average Bonchev–Trinajstić information content (AvgIpc) is 2.86. The highest BCUT2D eigenvalue weighted by atomic mass is 79.9. The van der Waals surface area contributed by atoms with Gasteiger partial charge in [-0.2, -0.15) is 0 Å². The fourth-order valence-corrected chi connectivity index (χ4v) is 3.25. The molecule has 2 fully saturated rings. The predicted octanol–water partition coefficient (Wildman–Crippen LogP) is 1.23. The van der Waals surface area contributed by atoms with Gasteiger partial charge in [0.1, 0.15) is 12.1 Å². The molecule has 3 heterocycles. The first-order valence-corrected chi connectivity index (χ1v) is 7.30. The van der Waals surface area contributed by atoms with Crippen molar-refractivity contribution in [2.24, 2.45) is 0 Å². The molecule has 0 aliphatic carbocycles. The van der Waals surface area contributed by atoms with Crippen molar-refractivity contribution in [1.29, 1.82) is 0 Å². The fraction of sp³-hybridized carbons (Fsp3) is 0.583. The van der Waals surface area contributed by atoms with Crippen LogP contribution >= 0.6 is 15.9 Å². The van der Waals surface area contributed by atoms with E-state index >= 15 is 0 Å². The lowest BCUT2D eigenvalue weighted by molar-refractivity contribution is 0.189. The van der Waals surface area contributed by atoms with Gasteiger partial charge in [0.05, 0.1) is 10.5 Å². The monoisotopic (exact) mass is 325 g/mol. The highest BCUT2D eigenvalue weighted by molar-refractivity contribution is 9.10. The van der Waals surface area contributed by atoms with Gasteiger partial charge in [-0.1, -0.05) is 0 Å². The minimum atomic E-state index is 0.0635. The molecule has 2 aliphatic heterocycles. The molecule has 3 rings (SSSR count). The Morgan fingerprint density at radius 3 is 3.05 bits per heavy atom. The summed E-state index contributed by atoms with van der Waals surface area (Å²) < 4.78 is 0.904. The van der Waals surface area contributed by atoms with Crippen molar-refractivity contribution in [3.8, 4) is 0 Å². The average molecular weight is 326 g/mol.